The van der Waals surface area contributed by atoms with Gasteiger partial charge >= 0.3 is 0 Å². The molecule has 1 saturated carbocycles. The lowest BCUT2D eigenvalue weighted by atomic mass is 9.96. The predicted octanol–water partition coefficient (Wildman–Crippen LogP) is 3.64. The van der Waals surface area contributed by atoms with E-state index in [0.717, 1.165) is 22.6 Å². The van der Waals surface area contributed by atoms with Crippen LogP contribution in [0, 0.1) is 40.4 Å². The number of nitrogens with zero attached hydrogens (tertiary/aromatic N) is 3. The van der Waals surface area contributed by atoms with E-state index in [4.69, 9.17) is 10.7 Å². The van der Waals surface area contributed by atoms with Crippen molar-refractivity contribution in [2.75, 3.05) is 11.5 Å². The Morgan fingerprint density at radius 1 is 1.17 bits per heavy atom. The minimum absolute atomic E-state index is 0.225. The van der Waals surface area contributed by atoms with Gasteiger partial charge in [0.15, 0.2) is 4.20 Å². The zero-order chi connectivity index (χ0) is 17.6. The van der Waals surface area contributed by atoms with Gasteiger partial charge in [-0.05, 0) is 29.6 Å². The molecule has 0 aromatic heterocycles. The second-order valence-corrected chi connectivity index (χ2v) is 9.25. The topological polar surface area (TPSA) is 86.0 Å². The lowest BCUT2D eigenvalue weighted by molar-refractivity contribution is 0.563. The molecule has 1 heterocycles. The van der Waals surface area contributed by atoms with E-state index in [1.54, 1.807) is 23.5 Å². The average Bonchev–Trinajstić information content (AvgIpc) is 3.14. The van der Waals surface area contributed by atoms with Crippen molar-refractivity contribution in [1.82, 2.24) is 0 Å². The molecule has 24 heavy (non-hydrogen) atoms. The van der Waals surface area contributed by atoms with Crippen LogP contribution in [-0.4, -0.2) is 21.5 Å². The van der Waals surface area contributed by atoms with Gasteiger partial charge in [0.2, 0.25) is 0 Å². The Morgan fingerprint density at radius 3 is 2.29 bits per heavy atom. The van der Waals surface area contributed by atoms with E-state index in [0.29, 0.717) is 5.84 Å². The van der Waals surface area contributed by atoms with Crippen LogP contribution in [0.25, 0.3) is 0 Å². The smallest absolute Gasteiger partial charge is 0.175 e. The maximum atomic E-state index is 10.2. The number of nitriles is 2. The minimum atomic E-state index is -1.02. The van der Waals surface area contributed by atoms with Crippen molar-refractivity contribution < 1.29 is 0 Å². The Labute approximate surface area is 151 Å². The van der Waals surface area contributed by atoms with E-state index in [2.05, 4.69) is 26.0 Å². The standard InChI is InChI=1S/C18H20N4S2/c1-4-23-18(24-5-2)17(11-20)14(13-9-7-6-8-12(13)3)16(17,10-19)15(21)22-18/h6-9,14H,4-5H2,1-3H3,(H2,21,22). The Morgan fingerprint density at radius 2 is 1.79 bits per heavy atom. The zero-order valence-electron chi connectivity index (χ0n) is 14.0. The molecule has 0 amide bonds. The van der Waals surface area contributed by atoms with Crippen LogP contribution in [0.4, 0.5) is 0 Å². The summed E-state index contributed by atoms with van der Waals surface area (Å²) in [6, 6.07) is 12.9. The van der Waals surface area contributed by atoms with Crippen LogP contribution in [0.1, 0.15) is 30.9 Å². The van der Waals surface area contributed by atoms with E-state index in [1.807, 2.05) is 31.2 Å². The highest BCUT2D eigenvalue weighted by atomic mass is 32.2. The van der Waals surface area contributed by atoms with Gasteiger partial charge in [0.1, 0.15) is 16.7 Å². The first-order valence-corrected chi connectivity index (χ1v) is 10.00. The number of hydrogen-bond acceptors (Lipinski definition) is 6. The highest BCUT2D eigenvalue weighted by Crippen LogP contribution is 2.85. The van der Waals surface area contributed by atoms with Crippen molar-refractivity contribution in [2.24, 2.45) is 21.6 Å². The molecule has 1 aromatic rings. The molecule has 1 fully saturated rings. The summed E-state index contributed by atoms with van der Waals surface area (Å²) in [6.07, 6.45) is 0. The number of aryl methyl sites for hydroxylation is 1. The molecule has 3 unspecified atom stereocenters. The second-order valence-electron chi connectivity index (χ2n) is 6.07. The molecule has 0 radical (unpaired) electrons. The highest BCUT2D eigenvalue weighted by Gasteiger charge is 2.92. The molecule has 6 heteroatoms. The quantitative estimate of drug-likeness (QED) is 0.814. The fraction of sp³-hybridized carbons (Fsp3) is 0.500. The van der Waals surface area contributed by atoms with Crippen LogP contribution in [-0.2, 0) is 0 Å². The third-order valence-corrected chi connectivity index (χ3v) is 8.00. The van der Waals surface area contributed by atoms with Gasteiger partial charge in [0.05, 0.1) is 12.1 Å². The number of fused-ring (bicyclic) bond motifs is 1. The van der Waals surface area contributed by atoms with Crippen LogP contribution in [0.2, 0.25) is 0 Å². The summed E-state index contributed by atoms with van der Waals surface area (Å²) < 4.78 is -0.710. The van der Waals surface area contributed by atoms with E-state index >= 15 is 0 Å². The van der Waals surface area contributed by atoms with Gasteiger partial charge in [-0.2, -0.15) is 10.5 Å². The predicted molar refractivity (Wildman–Crippen MR) is 101 cm³/mol. The van der Waals surface area contributed by atoms with Crippen LogP contribution in [0.15, 0.2) is 29.3 Å². The van der Waals surface area contributed by atoms with Crippen LogP contribution in [0.3, 0.4) is 0 Å². The molecule has 3 rings (SSSR count). The van der Waals surface area contributed by atoms with Gasteiger partial charge in [-0.15, -0.1) is 23.5 Å². The second kappa shape index (κ2) is 5.72. The largest absolute Gasteiger partial charge is 0.386 e. The molecule has 0 spiro atoms. The summed E-state index contributed by atoms with van der Waals surface area (Å²) in [5, 5.41) is 20.3. The van der Waals surface area contributed by atoms with Gasteiger partial charge in [0, 0.05) is 5.92 Å². The maximum absolute atomic E-state index is 10.2. The minimum Gasteiger partial charge on any atom is -0.386 e. The molecule has 124 valence electrons. The Balaban J connectivity index is 2.25. The molecule has 1 aromatic carbocycles. The summed E-state index contributed by atoms with van der Waals surface area (Å²) in [5.41, 5.74) is 6.49. The van der Waals surface area contributed by atoms with Gasteiger partial charge in [-0.25, -0.2) is 4.99 Å². The fourth-order valence-electron chi connectivity index (χ4n) is 4.13. The van der Waals surface area contributed by atoms with E-state index in [9.17, 15) is 10.5 Å². The van der Waals surface area contributed by atoms with Crippen molar-refractivity contribution in [2.45, 2.75) is 30.9 Å². The SMILES string of the molecule is CCSC1(SCC)N=C(N)C2(C#N)C(c3ccccc3C)C12C#N. The molecule has 2 N–H and O–H groups in total. The van der Waals surface area contributed by atoms with Gasteiger partial charge in [-0.3, -0.25) is 0 Å². The number of hydrogen-bond donors (Lipinski definition) is 1. The number of nitrogens with two attached hydrogens (primary N) is 1. The van der Waals surface area contributed by atoms with E-state index in [1.165, 1.54) is 0 Å². The summed E-state index contributed by atoms with van der Waals surface area (Å²) in [4.78, 5) is 4.70. The number of benzene rings is 1. The first-order chi connectivity index (χ1) is 11.5. The van der Waals surface area contributed by atoms with E-state index < -0.39 is 15.0 Å². The van der Waals surface area contributed by atoms with Crippen molar-refractivity contribution in [3.8, 4) is 12.1 Å². The van der Waals surface area contributed by atoms with Gasteiger partial charge in [0.25, 0.3) is 0 Å². The van der Waals surface area contributed by atoms with Crippen LogP contribution >= 0.6 is 23.5 Å². The van der Waals surface area contributed by atoms with Gasteiger partial charge < -0.3 is 5.73 Å². The first kappa shape index (κ1) is 17.2. The Kier molecular flexibility index (Phi) is 4.10. The summed E-state index contributed by atoms with van der Waals surface area (Å²) >= 11 is 3.26. The van der Waals surface area contributed by atoms with Crippen molar-refractivity contribution in [1.29, 1.82) is 10.5 Å². The molecule has 3 atom stereocenters. The zero-order valence-corrected chi connectivity index (χ0v) is 15.7. The third kappa shape index (κ3) is 1.74. The number of rotatable bonds is 5. The van der Waals surface area contributed by atoms with Crippen molar-refractivity contribution in [3.05, 3.63) is 35.4 Å². The molecule has 1 aliphatic heterocycles. The fourth-order valence-corrected chi connectivity index (χ4v) is 7.38. The third-order valence-electron chi connectivity index (χ3n) is 5.11. The summed E-state index contributed by atoms with van der Waals surface area (Å²) in [7, 11) is 0. The molecule has 0 bridgehead atoms. The first-order valence-electron chi connectivity index (χ1n) is 8.03. The monoisotopic (exact) mass is 356 g/mol. The van der Waals surface area contributed by atoms with Crippen molar-refractivity contribution in [3.63, 3.8) is 0 Å². The number of thioether (sulfide) groups is 2. The normalized spacial score (nSPS) is 32.4. The number of amidine groups is 1. The van der Waals surface area contributed by atoms with Crippen molar-refractivity contribution >= 4 is 29.4 Å². The Bertz CT molecular complexity index is 785. The highest BCUT2D eigenvalue weighted by molar-refractivity contribution is 8.18. The summed E-state index contributed by atoms with van der Waals surface area (Å²) in [5.74, 6) is 1.73. The molecule has 4 nitrogen and oxygen atoms in total. The number of aliphatic imine (C=N–C) groups is 1. The Hall–Kier alpha value is -1.63. The molecule has 2 aliphatic rings. The molecule has 0 saturated heterocycles. The molecular weight excluding hydrogens is 336 g/mol. The van der Waals surface area contributed by atoms with E-state index in [-0.39, 0.29) is 5.92 Å². The van der Waals surface area contributed by atoms with Crippen LogP contribution < -0.4 is 5.73 Å². The van der Waals surface area contributed by atoms with Gasteiger partial charge in [-0.1, -0.05) is 38.1 Å². The average molecular weight is 357 g/mol. The maximum Gasteiger partial charge on any atom is 0.175 e. The van der Waals surface area contributed by atoms with Crippen LogP contribution in [0.5, 0.6) is 0 Å². The summed E-state index contributed by atoms with van der Waals surface area (Å²) in [6.45, 7) is 6.13. The molecular formula is C18H20N4S2. The molecule has 1 aliphatic carbocycles. The lowest BCUT2D eigenvalue weighted by Crippen LogP contribution is -2.31. The lowest BCUT2D eigenvalue weighted by Gasteiger charge is -2.31.